The second kappa shape index (κ2) is 11.7. The SMILES string of the molecule is CC(O)CNCCCOc1ccc(Cl)cc1C(C)(C)C.O=C(O)C(=O)O. The maximum Gasteiger partial charge on any atom is 0.414 e. The number of hydrogen-bond donors (Lipinski definition) is 4. The van der Waals surface area contributed by atoms with Gasteiger partial charge in [-0.25, -0.2) is 9.59 Å². The van der Waals surface area contributed by atoms with Crippen LogP contribution in [0.5, 0.6) is 5.75 Å². The van der Waals surface area contributed by atoms with Gasteiger partial charge in [-0.3, -0.25) is 0 Å². The fraction of sp³-hybridized carbons (Fsp3) is 0.556. The van der Waals surface area contributed by atoms with Crippen LogP contribution in [0.1, 0.15) is 39.7 Å². The number of aliphatic hydroxyl groups excluding tert-OH is 1. The van der Waals surface area contributed by atoms with Gasteiger partial charge in [-0.15, -0.1) is 0 Å². The highest BCUT2D eigenvalue weighted by Crippen LogP contribution is 2.33. The predicted octanol–water partition coefficient (Wildman–Crippen LogP) is 2.53. The number of carboxylic acids is 2. The lowest BCUT2D eigenvalue weighted by atomic mass is 9.86. The van der Waals surface area contributed by atoms with Crippen LogP contribution in [0.3, 0.4) is 0 Å². The van der Waals surface area contributed by atoms with Gasteiger partial charge in [0.15, 0.2) is 0 Å². The van der Waals surface area contributed by atoms with Crippen LogP contribution >= 0.6 is 11.6 Å². The Bertz CT molecular complexity index is 572. The van der Waals surface area contributed by atoms with Gasteiger partial charge in [0.25, 0.3) is 0 Å². The number of rotatable bonds is 7. The van der Waals surface area contributed by atoms with Crippen LogP contribution < -0.4 is 10.1 Å². The molecule has 0 spiro atoms. The van der Waals surface area contributed by atoms with E-state index in [4.69, 9.17) is 41.2 Å². The van der Waals surface area contributed by atoms with Gasteiger partial charge in [-0.1, -0.05) is 32.4 Å². The fourth-order valence-electron chi connectivity index (χ4n) is 1.90. The third-order valence-electron chi connectivity index (χ3n) is 3.13. The summed E-state index contributed by atoms with van der Waals surface area (Å²) in [6.07, 6.45) is 0.596. The molecule has 0 saturated carbocycles. The smallest absolute Gasteiger partial charge is 0.414 e. The molecule has 1 aromatic rings. The molecule has 8 heteroatoms. The van der Waals surface area contributed by atoms with Gasteiger partial charge in [0, 0.05) is 17.1 Å². The van der Waals surface area contributed by atoms with E-state index in [1.165, 1.54) is 0 Å². The standard InChI is InChI=1S/C16H26ClNO2.C2H2O4/c1-12(19)11-18-8-5-9-20-15-7-6-13(17)10-14(15)16(2,3)4;3-1(4)2(5)6/h6-7,10,12,18-19H,5,8-9,11H2,1-4H3;(H,3,4)(H,5,6). The van der Waals surface area contributed by atoms with Crippen molar-refractivity contribution < 1.29 is 29.6 Å². The number of aliphatic carboxylic acids is 2. The number of carboxylic acid groups (broad SMARTS) is 2. The van der Waals surface area contributed by atoms with E-state index in [-0.39, 0.29) is 11.5 Å². The Balaban J connectivity index is 0.000000896. The molecule has 0 bridgehead atoms. The van der Waals surface area contributed by atoms with Gasteiger partial charge in [-0.2, -0.15) is 0 Å². The van der Waals surface area contributed by atoms with Crippen molar-refractivity contribution in [1.82, 2.24) is 5.32 Å². The Kier molecular flexibility index (Phi) is 10.9. The largest absolute Gasteiger partial charge is 0.493 e. The van der Waals surface area contributed by atoms with Gasteiger partial charge in [-0.05, 0) is 43.5 Å². The van der Waals surface area contributed by atoms with Gasteiger partial charge >= 0.3 is 11.9 Å². The number of ether oxygens (including phenoxy) is 1. The Labute approximate surface area is 158 Å². The second-order valence-electron chi connectivity index (χ2n) is 6.76. The van der Waals surface area contributed by atoms with E-state index >= 15 is 0 Å². The molecular formula is C18H28ClNO6. The van der Waals surface area contributed by atoms with Crippen molar-refractivity contribution in [2.45, 2.75) is 45.6 Å². The summed E-state index contributed by atoms with van der Waals surface area (Å²) in [6.45, 7) is 10.3. The van der Waals surface area contributed by atoms with Crippen LogP contribution in [-0.2, 0) is 15.0 Å². The van der Waals surface area contributed by atoms with E-state index in [2.05, 4.69) is 26.1 Å². The first-order chi connectivity index (χ1) is 11.9. The zero-order valence-electron chi connectivity index (χ0n) is 15.6. The average Bonchev–Trinajstić information content (AvgIpc) is 2.51. The minimum Gasteiger partial charge on any atom is -0.493 e. The summed E-state index contributed by atoms with van der Waals surface area (Å²) in [4.78, 5) is 18.2. The summed E-state index contributed by atoms with van der Waals surface area (Å²) in [6, 6.07) is 5.77. The normalized spacial score (nSPS) is 11.9. The molecule has 4 N–H and O–H groups in total. The zero-order valence-corrected chi connectivity index (χ0v) is 16.3. The lowest BCUT2D eigenvalue weighted by Gasteiger charge is -2.23. The molecule has 0 amide bonds. The first-order valence-corrected chi connectivity index (χ1v) is 8.60. The molecule has 0 aliphatic carbocycles. The van der Waals surface area contributed by atoms with Gasteiger partial charge < -0.3 is 25.4 Å². The van der Waals surface area contributed by atoms with Crippen LogP contribution in [-0.4, -0.2) is 53.1 Å². The lowest BCUT2D eigenvalue weighted by molar-refractivity contribution is -0.159. The Morgan fingerprint density at radius 3 is 2.27 bits per heavy atom. The molecular weight excluding hydrogens is 362 g/mol. The number of halogens is 1. The lowest BCUT2D eigenvalue weighted by Crippen LogP contribution is -2.26. The summed E-state index contributed by atoms with van der Waals surface area (Å²) < 4.78 is 5.86. The van der Waals surface area contributed by atoms with Crippen molar-refractivity contribution >= 4 is 23.5 Å². The maximum absolute atomic E-state index is 9.13. The molecule has 0 saturated heterocycles. The minimum absolute atomic E-state index is 0.00477. The molecule has 0 aromatic heterocycles. The van der Waals surface area contributed by atoms with Crippen molar-refractivity contribution in [3.63, 3.8) is 0 Å². The summed E-state index contributed by atoms with van der Waals surface area (Å²) in [7, 11) is 0. The number of aliphatic hydroxyl groups is 1. The van der Waals surface area contributed by atoms with Gasteiger partial charge in [0.2, 0.25) is 0 Å². The second-order valence-corrected chi connectivity index (χ2v) is 7.19. The molecule has 1 atom stereocenters. The van der Waals surface area contributed by atoms with Crippen molar-refractivity contribution in [3.8, 4) is 5.75 Å². The minimum atomic E-state index is -1.82. The zero-order chi connectivity index (χ0) is 20.3. The molecule has 0 fully saturated rings. The first kappa shape index (κ1) is 24.2. The van der Waals surface area contributed by atoms with E-state index in [1.807, 2.05) is 18.2 Å². The van der Waals surface area contributed by atoms with Crippen LogP contribution in [0.4, 0.5) is 0 Å². The van der Waals surface area contributed by atoms with Crippen LogP contribution in [0.25, 0.3) is 0 Å². The molecule has 0 heterocycles. The highest BCUT2D eigenvalue weighted by atomic mass is 35.5. The van der Waals surface area contributed by atoms with Crippen LogP contribution in [0, 0.1) is 0 Å². The Morgan fingerprint density at radius 2 is 1.81 bits per heavy atom. The van der Waals surface area contributed by atoms with Gasteiger partial charge in [0.1, 0.15) is 5.75 Å². The number of hydrogen-bond acceptors (Lipinski definition) is 5. The number of benzene rings is 1. The molecule has 1 rings (SSSR count). The van der Waals surface area contributed by atoms with E-state index in [0.717, 1.165) is 29.3 Å². The fourth-order valence-corrected chi connectivity index (χ4v) is 2.08. The molecule has 1 aromatic carbocycles. The molecule has 7 nitrogen and oxygen atoms in total. The van der Waals surface area contributed by atoms with E-state index < -0.39 is 11.9 Å². The summed E-state index contributed by atoms with van der Waals surface area (Å²) in [5.74, 6) is -2.75. The molecule has 0 radical (unpaired) electrons. The third kappa shape index (κ3) is 10.9. The van der Waals surface area contributed by atoms with E-state index in [0.29, 0.717) is 13.2 Å². The topological polar surface area (TPSA) is 116 Å². The van der Waals surface area contributed by atoms with Crippen molar-refractivity contribution in [3.05, 3.63) is 28.8 Å². The highest BCUT2D eigenvalue weighted by Gasteiger charge is 2.19. The number of carbonyl (C=O) groups is 2. The average molecular weight is 390 g/mol. The quantitative estimate of drug-likeness (QED) is 0.418. The van der Waals surface area contributed by atoms with E-state index in [1.54, 1.807) is 6.92 Å². The highest BCUT2D eigenvalue weighted by molar-refractivity contribution is 6.30. The Morgan fingerprint density at radius 1 is 1.23 bits per heavy atom. The van der Waals surface area contributed by atoms with Crippen molar-refractivity contribution in [1.29, 1.82) is 0 Å². The molecule has 0 aliphatic rings. The third-order valence-corrected chi connectivity index (χ3v) is 3.36. The first-order valence-electron chi connectivity index (χ1n) is 8.23. The predicted molar refractivity (Wildman–Crippen MR) is 100 cm³/mol. The van der Waals surface area contributed by atoms with Crippen molar-refractivity contribution in [2.24, 2.45) is 0 Å². The molecule has 1 unspecified atom stereocenters. The molecule has 0 aliphatic heterocycles. The Hall–Kier alpha value is -1.83. The monoisotopic (exact) mass is 389 g/mol. The summed E-state index contributed by atoms with van der Waals surface area (Å²) in [5, 5.41) is 27.8. The molecule has 148 valence electrons. The van der Waals surface area contributed by atoms with E-state index in [9.17, 15) is 0 Å². The van der Waals surface area contributed by atoms with Crippen LogP contribution in [0.15, 0.2) is 18.2 Å². The van der Waals surface area contributed by atoms with Crippen LogP contribution in [0.2, 0.25) is 5.02 Å². The summed E-state index contributed by atoms with van der Waals surface area (Å²) in [5.41, 5.74) is 1.13. The van der Waals surface area contributed by atoms with Crippen molar-refractivity contribution in [2.75, 3.05) is 19.7 Å². The molecule has 26 heavy (non-hydrogen) atoms. The summed E-state index contributed by atoms with van der Waals surface area (Å²) >= 11 is 6.07. The maximum atomic E-state index is 9.13. The van der Waals surface area contributed by atoms with Gasteiger partial charge in [0.05, 0.1) is 12.7 Å². The number of nitrogens with one attached hydrogen (secondary N) is 1.